The number of thioether (sulfide) groups is 1. The van der Waals surface area contributed by atoms with Crippen LogP contribution in [0.4, 0.5) is 5.82 Å². The molecule has 1 heterocycles. The second kappa shape index (κ2) is 5.94. The molecule has 0 amide bonds. The zero-order chi connectivity index (χ0) is 13.8. The maximum atomic E-state index is 5.37. The van der Waals surface area contributed by atoms with E-state index in [1.165, 1.54) is 15.7 Å². The number of aromatic nitrogens is 1. The Morgan fingerprint density at radius 2 is 1.80 bits per heavy atom. The maximum absolute atomic E-state index is 5.37. The maximum Gasteiger partial charge on any atom is 0.140 e. The Morgan fingerprint density at radius 3 is 2.65 bits per heavy atom. The highest BCUT2D eigenvalue weighted by Gasteiger charge is 2.00. The van der Waals surface area contributed by atoms with E-state index in [1.54, 1.807) is 11.8 Å². The first-order valence-corrected chi connectivity index (χ1v) is 7.38. The summed E-state index contributed by atoms with van der Waals surface area (Å²) in [6.45, 7) is 0. The molecule has 3 aromatic rings. The number of fused-ring (bicyclic) bond motifs is 1. The van der Waals surface area contributed by atoms with Gasteiger partial charge in [0.15, 0.2) is 0 Å². The lowest BCUT2D eigenvalue weighted by Crippen LogP contribution is -2.08. The lowest BCUT2D eigenvalue weighted by molar-refractivity contribution is 1.14. The summed E-state index contributed by atoms with van der Waals surface area (Å²) in [5, 5.41) is 2.53. The van der Waals surface area contributed by atoms with Gasteiger partial charge in [-0.2, -0.15) is 0 Å². The highest BCUT2D eigenvalue weighted by Crippen LogP contribution is 2.26. The minimum atomic E-state index is 0.696. The Balaban J connectivity index is 1.76. The number of rotatable bonds is 4. The summed E-state index contributed by atoms with van der Waals surface area (Å²) in [5.74, 6) is 6.89. The molecule has 0 aliphatic rings. The van der Waals surface area contributed by atoms with Crippen molar-refractivity contribution in [3.8, 4) is 0 Å². The molecule has 0 saturated heterocycles. The molecule has 4 heteroatoms. The zero-order valence-electron chi connectivity index (χ0n) is 10.9. The summed E-state index contributed by atoms with van der Waals surface area (Å²) in [6.07, 6.45) is 0. The Bertz CT molecular complexity index is 727. The molecule has 0 spiro atoms. The molecule has 0 atom stereocenters. The Kier molecular flexibility index (Phi) is 3.85. The number of benzene rings is 2. The van der Waals surface area contributed by atoms with Crippen LogP contribution in [0.1, 0.15) is 5.69 Å². The summed E-state index contributed by atoms with van der Waals surface area (Å²) in [5.41, 5.74) is 3.58. The molecule has 20 heavy (non-hydrogen) atoms. The summed E-state index contributed by atoms with van der Waals surface area (Å²) >= 11 is 1.78. The predicted molar refractivity (Wildman–Crippen MR) is 85.6 cm³/mol. The topological polar surface area (TPSA) is 50.9 Å². The van der Waals surface area contributed by atoms with E-state index in [9.17, 15) is 0 Å². The number of nitrogens with two attached hydrogens (primary N) is 1. The van der Waals surface area contributed by atoms with Crippen LogP contribution < -0.4 is 11.3 Å². The molecule has 2 aromatic carbocycles. The van der Waals surface area contributed by atoms with Crippen molar-refractivity contribution in [1.29, 1.82) is 0 Å². The van der Waals surface area contributed by atoms with Crippen LogP contribution >= 0.6 is 11.8 Å². The van der Waals surface area contributed by atoms with Crippen molar-refractivity contribution in [3.63, 3.8) is 0 Å². The van der Waals surface area contributed by atoms with Crippen molar-refractivity contribution < 1.29 is 0 Å². The summed E-state index contributed by atoms with van der Waals surface area (Å²) < 4.78 is 0. The predicted octanol–water partition coefficient (Wildman–Crippen LogP) is 3.81. The number of pyridine rings is 1. The quantitative estimate of drug-likeness (QED) is 0.434. The average molecular weight is 281 g/mol. The molecule has 0 aliphatic carbocycles. The van der Waals surface area contributed by atoms with Crippen molar-refractivity contribution in [2.45, 2.75) is 10.6 Å². The van der Waals surface area contributed by atoms with Crippen LogP contribution in [-0.4, -0.2) is 4.98 Å². The third kappa shape index (κ3) is 2.92. The molecular formula is C16H15N3S. The van der Waals surface area contributed by atoms with Gasteiger partial charge in [-0.25, -0.2) is 10.8 Å². The zero-order valence-corrected chi connectivity index (χ0v) is 11.7. The van der Waals surface area contributed by atoms with Gasteiger partial charge in [0.25, 0.3) is 0 Å². The molecule has 3 nitrogen and oxygen atoms in total. The molecule has 3 rings (SSSR count). The number of nitrogen functional groups attached to an aromatic ring is 1. The van der Waals surface area contributed by atoms with Crippen LogP contribution in [-0.2, 0) is 5.75 Å². The third-order valence-corrected chi connectivity index (χ3v) is 4.09. The first-order chi connectivity index (χ1) is 9.85. The summed E-state index contributed by atoms with van der Waals surface area (Å²) in [7, 11) is 0. The standard InChI is InChI=1S/C16H15N3S/c17-19-16-7-3-6-14(18-16)11-20-15-9-8-12-4-1-2-5-13(12)10-15/h1-10H,11,17H2,(H,18,19). The van der Waals surface area contributed by atoms with Crippen LogP contribution in [0.2, 0.25) is 0 Å². The number of hydrogen-bond acceptors (Lipinski definition) is 4. The monoisotopic (exact) mass is 281 g/mol. The molecule has 0 saturated carbocycles. The highest BCUT2D eigenvalue weighted by molar-refractivity contribution is 7.98. The lowest BCUT2D eigenvalue weighted by Gasteiger charge is -2.05. The number of nitrogens with zero attached hydrogens (tertiary/aromatic N) is 1. The fraction of sp³-hybridized carbons (Fsp3) is 0.0625. The molecule has 1 aromatic heterocycles. The lowest BCUT2D eigenvalue weighted by atomic mass is 10.1. The van der Waals surface area contributed by atoms with E-state index < -0.39 is 0 Å². The minimum absolute atomic E-state index is 0.696. The average Bonchev–Trinajstić information content (AvgIpc) is 2.53. The Morgan fingerprint density at radius 1 is 0.950 bits per heavy atom. The molecule has 0 bridgehead atoms. The van der Waals surface area contributed by atoms with E-state index in [-0.39, 0.29) is 0 Å². The molecule has 0 fully saturated rings. The van der Waals surface area contributed by atoms with E-state index in [2.05, 4.69) is 52.9 Å². The van der Waals surface area contributed by atoms with Gasteiger partial charge in [0.2, 0.25) is 0 Å². The molecule has 0 radical (unpaired) electrons. The highest BCUT2D eigenvalue weighted by atomic mass is 32.2. The van der Waals surface area contributed by atoms with Gasteiger partial charge in [-0.3, -0.25) is 0 Å². The van der Waals surface area contributed by atoms with Gasteiger partial charge in [-0.15, -0.1) is 11.8 Å². The molecule has 0 aliphatic heterocycles. The number of anilines is 1. The third-order valence-electron chi connectivity index (χ3n) is 3.06. The Hall–Kier alpha value is -2.04. The first kappa shape index (κ1) is 13.0. The van der Waals surface area contributed by atoms with E-state index in [0.717, 1.165) is 11.4 Å². The van der Waals surface area contributed by atoms with Crippen LogP contribution in [0, 0.1) is 0 Å². The fourth-order valence-electron chi connectivity index (χ4n) is 2.05. The Labute approximate surface area is 122 Å². The second-order valence-corrected chi connectivity index (χ2v) is 5.50. The smallest absolute Gasteiger partial charge is 0.140 e. The van der Waals surface area contributed by atoms with Gasteiger partial charge in [-0.1, -0.05) is 36.4 Å². The van der Waals surface area contributed by atoms with Gasteiger partial charge in [0.05, 0.1) is 5.69 Å². The van der Waals surface area contributed by atoms with Crippen molar-refractivity contribution in [2.75, 3.05) is 5.43 Å². The number of hydrogen-bond donors (Lipinski definition) is 2. The van der Waals surface area contributed by atoms with Crippen LogP contribution in [0.3, 0.4) is 0 Å². The van der Waals surface area contributed by atoms with Crippen LogP contribution in [0.15, 0.2) is 65.6 Å². The number of hydrazine groups is 1. The SMILES string of the molecule is NNc1cccc(CSc2ccc3ccccc3c2)n1. The normalized spacial score (nSPS) is 10.7. The van der Waals surface area contributed by atoms with E-state index >= 15 is 0 Å². The largest absolute Gasteiger partial charge is 0.308 e. The number of nitrogens with one attached hydrogen (secondary N) is 1. The van der Waals surface area contributed by atoms with Gasteiger partial charge in [0.1, 0.15) is 5.82 Å². The van der Waals surface area contributed by atoms with Crippen molar-refractivity contribution in [1.82, 2.24) is 4.98 Å². The van der Waals surface area contributed by atoms with Gasteiger partial charge < -0.3 is 5.43 Å². The molecular weight excluding hydrogens is 266 g/mol. The second-order valence-electron chi connectivity index (χ2n) is 4.46. The van der Waals surface area contributed by atoms with Crippen molar-refractivity contribution in [3.05, 3.63) is 66.4 Å². The molecule has 3 N–H and O–H groups in total. The van der Waals surface area contributed by atoms with Crippen molar-refractivity contribution in [2.24, 2.45) is 5.84 Å². The van der Waals surface area contributed by atoms with Gasteiger partial charge in [0, 0.05) is 10.6 Å². The van der Waals surface area contributed by atoms with E-state index in [1.807, 2.05) is 18.2 Å². The van der Waals surface area contributed by atoms with Gasteiger partial charge >= 0.3 is 0 Å². The minimum Gasteiger partial charge on any atom is -0.308 e. The fourth-order valence-corrected chi connectivity index (χ4v) is 2.90. The molecule has 0 unspecified atom stereocenters. The molecule has 100 valence electrons. The van der Waals surface area contributed by atoms with Crippen LogP contribution in [0.5, 0.6) is 0 Å². The first-order valence-electron chi connectivity index (χ1n) is 6.39. The van der Waals surface area contributed by atoms with Crippen molar-refractivity contribution >= 4 is 28.4 Å². The summed E-state index contributed by atoms with van der Waals surface area (Å²) in [6, 6.07) is 20.7. The van der Waals surface area contributed by atoms with Crippen LogP contribution in [0.25, 0.3) is 10.8 Å². The van der Waals surface area contributed by atoms with E-state index in [0.29, 0.717) is 5.82 Å². The summed E-state index contributed by atoms with van der Waals surface area (Å²) in [4.78, 5) is 5.66. The van der Waals surface area contributed by atoms with E-state index in [4.69, 9.17) is 5.84 Å². The van der Waals surface area contributed by atoms with Gasteiger partial charge in [-0.05, 0) is 35.0 Å².